The van der Waals surface area contributed by atoms with E-state index in [0.717, 1.165) is 34.8 Å². The third kappa shape index (κ3) is 3.51. The van der Waals surface area contributed by atoms with Crippen molar-refractivity contribution >= 4 is 15.7 Å². The normalized spacial score (nSPS) is 13.9. The van der Waals surface area contributed by atoms with E-state index in [9.17, 15) is 26.0 Å². The van der Waals surface area contributed by atoms with Crippen molar-refractivity contribution in [1.82, 2.24) is 24.5 Å². The molecule has 0 fully saturated rings. The van der Waals surface area contributed by atoms with Gasteiger partial charge in [0.25, 0.3) is 10.0 Å². The van der Waals surface area contributed by atoms with Crippen LogP contribution in [0.2, 0.25) is 0 Å². The predicted molar refractivity (Wildman–Crippen MR) is 81.0 cm³/mol. The second-order valence-electron chi connectivity index (χ2n) is 5.34. The van der Waals surface area contributed by atoms with Gasteiger partial charge in [-0.25, -0.2) is 12.8 Å². The summed E-state index contributed by atoms with van der Waals surface area (Å²) in [7, 11) is -4.64. The van der Waals surface area contributed by atoms with E-state index >= 15 is 0 Å². The van der Waals surface area contributed by atoms with Crippen LogP contribution in [0.3, 0.4) is 0 Å². The van der Waals surface area contributed by atoms with Crippen molar-refractivity contribution in [2.75, 3.05) is 0 Å². The number of aromatic nitrogens is 4. The molecule has 0 saturated carbocycles. The molecule has 0 spiro atoms. The average Bonchev–Trinajstić information content (AvgIpc) is 2.93. The van der Waals surface area contributed by atoms with Crippen molar-refractivity contribution in [3.63, 3.8) is 0 Å². The molecule has 0 aliphatic heterocycles. The second kappa shape index (κ2) is 6.29. The molecule has 138 valence electrons. The molecule has 0 amide bonds. The van der Waals surface area contributed by atoms with E-state index in [4.69, 9.17) is 0 Å². The molecule has 26 heavy (non-hydrogen) atoms. The Kier molecular flexibility index (Phi) is 4.40. The van der Waals surface area contributed by atoms with Gasteiger partial charge >= 0.3 is 6.18 Å². The van der Waals surface area contributed by atoms with Crippen molar-refractivity contribution in [2.45, 2.75) is 24.2 Å². The van der Waals surface area contributed by atoms with Gasteiger partial charge in [0.2, 0.25) is 0 Å². The van der Waals surface area contributed by atoms with E-state index in [0.29, 0.717) is 0 Å². The number of sulfonamides is 1. The molecular weight excluding hydrogens is 378 g/mol. The number of halogens is 4. The SMILES string of the molecule is Cc1nnc2ccc(S(=O)(=O)N[C@H](c3ccc(F)cc3)C(F)(F)F)nn12. The standard InChI is InChI=1S/C14H11F4N5O2S/c1-8-19-20-11-6-7-12(21-23(8)11)26(24,25)22-13(14(16,17)18)9-2-4-10(15)5-3-9/h2-7,13,22H,1H3/t13-/m1/s1. The summed E-state index contributed by atoms with van der Waals surface area (Å²) in [5.74, 6) is -0.476. The monoisotopic (exact) mass is 389 g/mol. The maximum atomic E-state index is 13.4. The summed E-state index contributed by atoms with van der Waals surface area (Å²) in [4.78, 5) is 0. The number of fused-ring (bicyclic) bond motifs is 1. The zero-order chi connectivity index (χ0) is 19.1. The van der Waals surface area contributed by atoms with Gasteiger partial charge in [-0.05, 0) is 36.8 Å². The highest BCUT2D eigenvalue weighted by atomic mass is 32.2. The third-order valence-electron chi connectivity index (χ3n) is 3.47. The Morgan fingerprint density at radius 1 is 1.08 bits per heavy atom. The molecule has 0 aliphatic carbocycles. The fourth-order valence-electron chi connectivity index (χ4n) is 2.22. The Morgan fingerprint density at radius 3 is 2.35 bits per heavy atom. The minimum absolute atomic E-state index is 0.243. The van der Waals surface area contributed by atoms with Gasteiger partial charge in [-0.15, -0.1) is 10.2 Å². The molecule has 1 aromatic carbocycles. The zero-order valence-corrected chi connectivity index (χ0v) is 13.9. The van der Waals surface area contributed by atoms with Crippen molar-refractivity contribution in [2.24, 2.45) is 0 Å². The Balaban J connectivity index is 2.00. The van der Waals surface area contributed by atoms with E-state index < -0.39 is 38.6 Å². The number of aryl methyl sites for hydroxylation is 1. The molecule has 7 nitrogen and oxygen atoms in total. The predicted octanol–water partition coefficient (Wildman–Crippen LogP) is 2.15. The summed E-state index contributed by atoms with van der Waals surface area (Å²) in [5, 5.41) is 10.5. The maximum absolute atomic E-state index is 13.4. The highest BCUT2D eigenvalue weighted by Crippen LogP contribution is 2.34. The fourth-order valence-corrected chi connectivity index (χ4v) is 3.35. The molecule has 3 rings (SSSR count). The lowest BCUT2D eigenvalue weighted by Gasteiger charge is -2.21. The minimum Gasteiger partial charge on any atom is -0.207 e. The molecule has 0 radical (unpaired) electrons. The first kappa shape index (κ1) is 18.2. The summed E-state index contributed by atoms with van der Waals surface area (Å²) in [6.45, 7) is 1.51. The van der Waals surface area contributed by atoms with Gasteiger partial charge in [-0.1, -0.05) is 12.1 Å². The van der Waals surface area contributed by atoms with Crippen molar-refractivity contribution in [3.8, 4) is 0 Å². The number of benzene rings is 1. The summed E-state index contributed by atoms with van der Waals surface area (Å²) < 4.78 is 80.5. The first-order chi connectivity index (χ1) is 12.1. The second-order valence-corrected chi connectivity index (χ2v) is 7.00. The van der Waals surface area contributed by atoms with Crippen molar-refractivity contribution < 1.29 is 26.0 Å². The Labute approximate surface area is 144 Å². The lowest BCUT2D eigenvalue weighted by atomic mass is 10.1. The van der Waals surface area contributed by atoms with E-state index in [1.54, 1.807) is 4.72 Å². The number of hydrogen-bond donors (Lipinski definition) is 1. The summed E-state index contributed by atoms with van der Waals surface area (Å²) in [5.41, 5.74) is -0.212. The molecule has 0 saturated heterocycles. The van der Waals surface area contributed by atoms with E-state index in [1.165, 1.54) is 13.0 Å². The van der Waals surface area contributed by atoms with Crippen LogP contribution in [0.1, 0.15) is 17.4 Å². The molecule has 1 atom stereocenters. The molecule has 1 N–H and O–H groups in total. The highest BCUT2D eigenvalue weighted by Gasteiger charge is 2.43. The van der Waals surface area contributed by atoms with Crippen LogP contribution >= 0.6 is 0 Å². The van der Waals surface area contributed by atoms with Gasteiger partial charge in [0, 0.05) is 0 Å². The van der Waals surface area contributed by atoms with Crippen molar-refractivity contribution in [1.29, 1.82) is 0 Å². The van der Waals surface area contributed by atoms with Crippen LogP contribution < -0.4 is 4.72 Å². The highest BCUT2D eigenvalue weighted by molar-refractivity contribution is 7.89. The summed E-state index contributed by atoms with van der Waals surface area (Å²) in [6.07, 6.45) is -4.94. The topological polar surface area (TPSA) is 89.2 Å². The smallest absolute Gasteiger partial charge is 0.207 e. The van der Waals surface area contributed by atoms with Crippen LogP contribution in [0.5, 0.6) is 0 Å². The number of nitrogens with one attached hydrogen (secondary N) is 1. The van der Waals surface area contributed by atoms with Gasteiger partial charge in [0.15, 0.2) is 16.5 Å². The largest absolute Gasteiger partial charge is 0.408 e. The molecule has 0 aliphatic rings. The summed E-state index contributed by atoms with van der Waals surface area (Å²) >= 11 is 0. The van der Waals surface area contributed by atoms with Crippen LogP contribution in [-0.4, -0.2) is 34.4 Å². The lowest BCUT2D eigenvalue weighted by molar-refractivity contribution is -0.153. The lowest BCUT2D eigenvalue weighted by Crippen LogP contribution is -2.38. The molecule has 0 unspecified atom stereocenters. The van der Waals surface area contributed by atoms with Crippen LogP contribution in [0.25, 0.3) is 5.65 Å². The fraction of sp³-hybridized carbons (Fsp3) is 0.214. The zero-order valence-electron chi connectivity index (χ0n) is 13.1. The van der Waals surface area contributed by atoms with Crippen LogP contribution in [0.4, 0.5) is 17.6 Å². The molecule has 0 bridgehead atoms. The Hall–Kier alpha value is -2.60. The van der Waals surface area contributed by atoms with Crippen molar-refractivity contribution in [3.05, 3.63) is 53.6 Å². The van der Waals surface area contributed by atoms with E-state index in [2.05, 4.69) is 15.3 Å². The number of hydrogen-bond acceptors (Lipinski definition) is 5. The first-order valence-electron chi connectivity index (χ1n) is 7.11. The van der Waals surface area contributed by atoms with Gasteiger partial charge in [0.1, 0.15) is 11.9 Å². The Morgan fingerprint density at radius 2 is 1.73 bits per heavy atom. The van der Waals surface area contributed by atoms with Gasteiger partial charge < -0.3 is 0 Å². The maximum Gasteiger partial charge on any atom is 0.408 e. The van der Waals surface area contributed by atoms with Crippen LogP contribution in [-0.2, 0) is 10.0 Å². The van der Waals surface area contributed by atoms with Gasteiger partial charge in [-0.2, -0.15) is 27.5 Å². The van der Waals surface area contributed by atoms with E-state index in [-0.39, 0.29) is 11.5 Å². The van der Waals surface area contributed by atoms with Crippen LogP contribution in [0.15, 0.2) is 41.4 Å². The molecule has 2 heterocycles. The quantitative estimate of drug-likeness (QED) is 0.691. The Bertz CT molecular complexity index is 1050. The number of nitrogens with zero attached hydrogens (tertiary/aromatic N) is 4. The first-order valence-corrected chi connectivity index (χ1v) is 8.60. The summed E-state index contributed by atoms with van der Waals surface area (Å²) in [6, 6.07) is 3.06. The molecule has 3 aromatic rings. The van der Waals surface area contributed by atoms with E-state index in [1.807, 2.05) is 0 Å². The van der Waals surface area contributed by atoms with Gasteiger partial charge in [-0.3, -0.25) is 0 Å². The number of rotatable bonds is 4. The average molecular weight is 389 g/mol. The third-order valence-corrected chi connectivity index (χ3v) is 4.79. The molecule has 12 heteroatoms. The van der Waals surface area contributed by atoms with Crippen LogP contribution in [0, 0.1) is 12.7 Å². The number of alkyl halides is 3. The molecular formula is C14H11F4N5O2S. The van der Waals surface area contributed by atoms with Gasteiger partial charge in [0.05, 0.1) is 0 Å². The minimum atomic E-state index is -4.94. The molecule has 2 aromatic heterocycles.